The molecule has 2 heterocycles. The van der Waals surface area contributed by atoms with Gasteiger partial charge in [-0.2, -0.15) is 0 Å². The van der Waals surface area contributed by atoms with Crippen LogP contribution < -0.4 is 10.4 Å². The van der Waals surface area contributed by atoms with Gasteiger partial charge in [0.25, 0.3) is 0 Å². The fourth-order valence-corrected chi connectivity index (χ4v) is 3.58. The molecule has 0 aliphatic rings. The molecule has 0 N–H and O–H groups in total. The van der Waals surface area contributed by atoms with E-state index in [0.717, 1.165) is 22.5 Å². The van der Waals surface area contributed by atoms with Gasteiger partial charge in [-0.3, -0.25) is 4.79 Å². The molecular formula is C24H21NO4. The molecule has 0 amide bonds. The molecule has 4 aromatic rings. The number of aryl methyl sites for hydroxylation is 1. The fraction of sp³-hybridized carbons (Fsp3) is 0.167. The number of hydrogen-bond acceptors (Lipinski definition) is 4. The fourth-order valence-electron chi connectivity index (χ4n) is 3.58. The first-order chi connectivity index (χ1) is 13.9. The lowest BCUT2D eigenvalue weighted by atomic mass is 10.1. The van der Waals surface area contributed by atoms with Crippen LogP contribution in [0.1, 0.15) is 28.7 Å². The summed E-state index contributed by atoms with van der Waals surface area (Å²) in [6.07, 6.45) is -0.687. The maximum atomic E-state index is 13.1. The molecule has 0 aliphatic heterocycles. The summed E-state index contributed by atoms with van der Waals surface area (Å²) in [5, 5.41) is 0.794. The van der Waals surface area contributed by atoms with Crippen LogP contribution in [0.3, 0.4) is 0 Å². The van der Waals surface area contributed by atoms with Crippen molar-refractivity contribution in [1.82, 2.24) is 4.57 Å². The molecule has 0 radical (unpaired) electrons. The lowest BCUT2D eigenvalue weighted by molar-refractivity contribution is 0.0817. The van der Waals surface area contributed by atoms with E-state index in [0.29, 0.717) is 16.9 Å². The molecule has 2 aromatic heterocycles. The van der Waals surface area contributed by atoms with E-state index >= 15 is 0 Å². The van der Waals surface area contributed by atoms with Gasteiger partial charge in [0, 0.05) is 40.2 Å². The highest BCUT2D eigenvalue weighted by atomic mass is 16.5. The van der Waals surface area contributed by atoms with E-state index in [2.05, 4.69) is 4.57 Å². The smallest absolute Gasteiger partial charge is 0.336 e. The molecule has 0 unspecified atom stereocenters. The van der Waals surface area contributed by atoms with E-state index in [1.54, 1.807) is 31.2 Å². The van der Waals surface area contributed by atoms with Crippen molar-refractivity contribution in [3.63, 3.8) is 0 Å². The van der Waals surface area contributed by atoms with Gasteiger partial charge >= 0.3 is 5.63 Å². The maximum absolute atomic E-state index is 13.1. The Labute approximate surface area is 168 Å². The average Bonchev–Trinajstić information content (AvgIpc) is 3.01. The number of ketones is 1. The van der Waals surface area contributed by atoms with Crippen LogP contribution in [-0.4, -0.2) is 16.5 Å². The molecule has 4 rings (SSSR count). The van der Waals surface area contributed by atoms with Gasteiger partial charge in [-0.05, 0) is 57.2 Å². The number of hydrogen-bond donors (Lipinski definition) is 0. The minimum absolute atomic E-state index is 0.102. The highest BCUT2D eigenvalue weighted by Crippen LogP contribution is 2.24. The summed E-state index contributed by atoms with van der Waals surface area (Å²) in [6.45, 7) is 5.64. The molecule has 1 atom stereocenters. The zero-order valence-electron chi connectivity index (χ0n) is 16.5. The highest BCUT2D eigenvalue weighted by Gasteiger charge is 2.23. The minimum Gasteiger partial charge on any atom is -0.482 e. The second kappa shape index (κ2) is 7.43. The predicted octanol–water partition coefficient (Wildman–Crippen LogP) is 4.85. The van der Waals surface area contributed by atoms with Crippen molar-refractivity contribution in [3.05, 3.63) is 94.1 Å². The van der Waals surface area contributed by atoms with Crippen LogP contribution in [0.4, 0.5) is 0 Å². The van der Waals surface area contributed by atoms with E-state index in [9.17, 15) is 9.59 Å². The number of carbonyl (C=O) groups is 1. The maximum Gasteiger partial charge on any atom is 0.336 e. The van der Waals surface area contributed by atoms with Crippen molar-refractivity contribution in [2.45, 2.75) is 26.9 Å². The SMILES string of the molecule is Cc1cc(C(=O)[C@@H](C)Oc2ccc3ccc(=O)oc3c2)c(C)n1-c1ccccc1. The van der Waals surface area contributed by atoms with Crippen LogP contribution in [0.15, 0.2) is 75.9 Å². The Balaban J connectivity index is 1.61. The number of Topliss-reactive ketones (excluding diaryl/α,β-unsaturated/α-hetero) is 1. The molecule has 146 valence electrons. The Hall–Kier alpha value is -3.60. The van der Waals surface area contributed by atoms with E-state index in [4.69, 9.17) is 9.15 Å². The number of para-hydroxylation sites is 1. The Morgan fingerprint density at radius 2 is 1.72 bits per heavy atom. The normalized spacial score (nSPS) is 12.1. The average molecular weight is 387 g/mol. The first-order valence-electron chi connectivity index (χ1n) is 9.43. The summed E-state index contributed by atoms with van der Waals surface area (Å²) in [5.74, 6) is 0.374. The first kappa shape index (κ1) is 18.7. The van der Waals surface area contributed by atoms with Gasteiger partial charge in [0.2, 0.25) is 5.78 Å². The van der Waals surface area contributed by atoms with Crippen molar-refractivity contribution in [1.29, 1.82) is 0 Å². The molecule has 2 aromatic carbocycles. The molecule has 0 spiro atoms. The third-order valence-electron chi connectivity index (χ3n) is 4.99. The number of carbonyl (C=O) groups excluding carboxylic acids is 1. The van der Waals surface area contributed by atoms with Crippen LogP contribution in [0.25, 0.3) is 16.7 Å². The molecule has 29 heavy (non-hydrogen) atoms. The van der Waals surface area contributed by atoms with Gasteiger partial charge in [-0.25, -0.2) is 4.79 Å². The summed E-state index contributed by atoms with van der Waals surface area (Å²) >= 11 is 0. The number of rotatable bonds is 5. The third kappa shape index (κ3) is 3.59. The van der Waals surface area contributed by atoms with Crippen LogP contribution in [-0.2, 0) is 0 Å². The quantitative estimate of drug-likeness (QED) is 0.363. The molecule has 5 heteroatoms. The number of ether oxygens (including phenoxy) is 1. The first-order valence-corrected chi connectivity index (χ1v) is 9.43. The molecule has 0 fully saturated rings. The van der Waals surface area contributed by atoms with Crippen molar-refractivity contribution in [2.75, 3.05) is 0 Å². The second-order valence-electron chi connectivity index (χ2n) is 7.03. The summed E-state index contributed by atoms with van der Waals surface area (Å²) in [6, 6.07) is 20.1. The van der Waals surface area contributed by atoms with E-state index in [-0.39, 0.29) is 5.78 Å². The van der Waals surface area contributed by atoms with E-state index < -0.39 is 11.7 Å². The summed E-state index contributed by atoms with van der Waals surface area (Å²) in [5.41, 5.74) is 3.50. The number of fused-ring (bicyclic) bond motifs is 1. The second-order valence-corrected chi connectivity index (χ2v) is 7.03. The van der Waals surface area contributed by atoms with Gasteiger partial charge in [-0.1, -0.05) is 18.2 Å². The third-order valence-corrected chi connectivity index (χ3v) is 4.99. The van der Waals surface area contributed by atoms with Gasteiger partial charge in [0.15, 0.2) is 6.10 Å². The lowest BCUT2D eigenvalue weighted by Crippen LogP contribution is -2.24. The van der Waals surface area contributed by atoms with Gasteiger partial charge in [0.05, 0.1) is 0 Å². The minimum atomic E-state index is -0.687. The highest BCUT2D eigenvalue weighted by molar-refractivity contribution is 6.01. The molecule has 0 aliphatic carbocycles. The van der Waals surface area contributed by atoms with Crippen LogP contribution >= 0.6 is 0 Å². The van der Waals surface area contributed by atoms with Crippen LogP contribution in [0.5, 0.6) is 5.75 Å². The van der Waals surface area contributed by atoms with E-state index in [1.807, 2.05) is 50.2 Å². The largest absolute Gasteiger partial charge is 0.482 e. The van der Waals surface area contributed by atoms with Crippen molar-refractivity contribution in [3.8, 4) is 11.4 Å². The van der Waals surface area contributed by atoms with Crippen molar-refractivity contribution < 1.29 is 13.9 Å². The molecule has 0 saturated carbocycles. The standard InChI is InChI=1S/C24H21NO4/c1-15-13-21(16(2)25(15)19-7-5-4-6-8-19)24(27)17(3)28-20-11-9-18-10-12-23(26)29-22(18)14-20/h4-14,17H,1-3H3/t17-/m1/s1. The predicted molar refractivity (Wildman–Crippen MR) is 112 cm³/mol. The molecular weight excluding hydrogens is 366 g/mol. The Morgan fingerprint density at radius 3 is 2.48 bits per heavy atom. The topological polar surface area (TPSA) is 61.4 Å². The Kier molecular flexibility index (Phi) is 4.80. The van der Waals surface area contributed by atoms with Crippen molar-refractivity contribution in [2.24, 2.45) is 0 Å². The zero-order chi connectivity index (χ0) is 20.5. The number of benzene rings is 2. The van der Waals surface area contributed by atoms with Crippen LogP contribution in [0.2, 0.25) is 0 Å². The zero-order valence-corrected chi connectivity index (χ0v) is 16.5. The van der Waals surface area contributed by atoms with Gasteiger partial charge < -0.3 is 13.7 Å². The monoisotopic (exact) mass is 387 g/mol. The summed E-state index contributed by atoms with van der Waals surface area (Å²) in [4.78, 5) is 24.5. The van der Waals surface area contributed by atoms with Gasteiger partial charge in [-0.15, -0.1) is 0 Å². The molecule has 0 bridgehead atoms. The van der Waals surface area contributed by atoms with Gasteiger partial charge in [0.1, 0.15) is 11.3 Å². The van der Waals surface area contributed by atoms with Crippen molar-refractivity contribution >= 4 is 16.8 Å². The molecule has 0 saturated heterocycles. The number of nitrogens with zero attached hydrogens (tertiary/aromatic N) is 1. The summed E-state index contributed by atoms with van der Waals surface area (Å²) < 4.78 is 13.1. The van der Waals surface area contributed by atoms with E-state index in [1.165, 1.54) is 6.07 Å². The number of aromatic nitrogens is 1. The lowest BCUT2D eigenvalue weighted by Gasteiger charge is -2.14. The van der Waals surface area contributed by atoms with Crippen LogP contribution in [0, 0.1) is 13.8 Å². The Bertz CT molecular complexity index is 1250. The Morgan fingerprint density at radius 1 is 1.00 bits per heavy atom. The molecule has 5 nitrogen and oxygen atoms in total. The summed E-state index contributed by atoms with van der Waals surface area (Å²) in [7, 11) is 0.